The first-order chi connectivity index (χ1) is 13.5. The second-order valence-corrected chi connectivity index (χ2v) is 9.70. The standard InChI is InChI=1S/C20H26N4O3S/c1-23-13-14(11-22-28(25,26)24-5-7-27-8-6-24)9-17-16-3-2-4-18-20(16)15(12-21-18)10-19(17)23/h2-4,9,12,14,19,21-22H,5-8,10-11,13H2,1H3/t14-,19+/m0/s1. The Kier molecular flexibility index (Phi) is 4.56. The smallest absolute Gasteiger partial charge is 0.279 e. The van der Waals surface area contributed by atoms with Gasteiger partial charge in [-0.25, -0.2) is 4.72 Å². The molecule has 150 valence electrons. The van der Waals surface area contributed by atoms with Crippen LogP contribution in [0, 0.1) is 5.92 Å². The van der Waals surface area contributed by atoms with E-state index in [2.05, 4.69) is 52.1 Å². The van der Waals surface area contributed by atoms with Crippen LogP contribution in [-0.4, -0.2) is 75.1 Å². The molecular formula is C20H26N4O3S. The van der Waals surface area contributed by atoms with Gasteiger partial charge in [0.1, 0.15) is 0 Å². The second-order valence-electron chi connectivity index (χ2n) is 7.95. The average molecular weight is 403 g/mol. The third-order valence-electron chi connectivity index (χ3n) is 6.18. The highest BCUT2D eigenvalue weighted by Crippen LogP contribution is 2.40. The van der Waals surface area contributed by atoms with Crippen LogP contribution in [0.15, 0.2) is 30.5 Å². The Bertz CT molecular complexity index is 1020. The zero-order chi connectivity index (χ0) is 19.3. The van der Waals surface area contributed by atoms with Gasteiger partial charge in [-0.15, -0.1) is 0 Å². The van der Waals surface area contributed by atoms with Crippen LogP contribution < -0.4 is 4.72 Å². The number of likely N-dealkylation sites (N-methyl/N-ethyl adjacent to an activating group) is 1. The molecule has 2 aromatic rings. The summed E-state index contributed by atoms with van der Waals surface area (Å²) in [5, 5.41) is 1.31. The van der Waals surface area contributed by atoms with Crippen molar-refractivity contribution >= 4 is 26.7 Å². The highest BCUT2D eigenvalue weighted by molar-refractivity contribution is 7.87. The van der Waals surface area contributed by atoms with Gasteiger partial charge >= 0.3 is 0 Å². The quantitative estimate of drug-likeness (QED) is 0.806. The minimum atomic E-state index is -3.46. The molecule has 1 fully saturated rings. The summed E-state index contributed by atoms with van der Waals surface area (Å²) in [6.45, 7) is 3.01. The van der Waals surface area contributed by atoms with E-state index in [1.54, 1.807) is 0 Å². The number of hydrogen-bond donors (Lipinski definition) is 2. The van der Waals surface area contributed by atoms with Crippen LogP contribution in [0.4, 0.5) is 0 Å². The maximum Gasteiger partial charge on any atom is 0.279 e. The van der Waals surface area contributed by atoms with Gasteiger partial charge in [0.15, 0.2) is 0 Å². The fourth-order valence-electron chi connectivity index (χ4n) is 4.77. The molecule has 1 aromatic heterocycles. The number of aromatic nitrogens is 1. The van der Waals surface area contributed by atoms with Crippen molar-refractivity contribution in [3.05, 3.63) is 41.6 Å². The van der Waals surface area contributed by atoms with E-state index in [9.17, 15) is 8.42 Å². The molecule has 0 saturated carbocycles. The molecule has 0 radical (unpaired) electrons. The van der Waals surface area contributed by atoms with Gasteiger partial charge in [-0.2, -0.15) is 12.7 Å². The van der Waals surface area contributed by atoms with E-state index in [-0.39, 0.29) is 5.92 Å². The first-order valence-corrected chi connectivity index (χ1v) is 11.3. The molecule has 1 aliphatic carbocycles. The number of hydrogen-bond acceptors (Lipinski definition) is 4. The van der Waals surface area contributed by atoms with Crippen molar-refractivity contribution < 1.29 is 13.2 Å². The van der Waals surface area contributed by atoms with Crippen molar-refractivity contribution in [1.29, 1.82) is 0 Å². The molecule has 1 aromatic carbocycles. The van der Waals surface area contributed by atoms with Crippen molar-refractivity contribution in [1.82, 2.24) is 18.9 Å². The van der Waals surface area contributed by atoms with Crippen molar-refractivity contribution in [3.63, 3.8) is 0 Å². The lowest BCUT2D eigenvalue weighted by Crippen LogP contribution is -2.49. The number of nitrogens with zero attached hydrogens (tertiary/aromatic N) is 2. The lowest BCUT2D eigenvalue weighted by molar-refractivity contribution is 0.0724. The topological polar surface area (TPSA) is 77.7 Å². The van der Waals surface area contributed by atoms with Crippen molar-refractivity contribution in [2.75, 3.05) is 46.4 Å². The van der Waals surface area contributed by atoms with E-state index in [1.807, 2.05) is 0 Å². The van der Waals surface area contributed by atoms with Crippen LogP contribution in [0.1, 0.15) is 11.1 Å². The number of H-pyrrole nitrogens is 1. The Morgan fingerprint density at radius 2 is 2.11 bits per heavy atom. The minimum Gasteiger partial charge on any atom is -0.379 e. The van der Waals surface area contributed by atoms with Crippen LogP contribution >= 0.6 is 0 Å². The molecule has 3 aliphatic rings. The second kappa shape index (κ2) is 6.96. The Hall–Kier alpha value is -1.71. The average Bonchev–Trinajstić information content (AvgIpc) is 3.12. The first kappa shape index (κ1) is 18.3. The summed E-state index contributed by atoms with van der Waals surface area (Å²) in [5.41, 5.74) is 5.13. The molecule has 7 nitrogen and oxygen atoms in total. The summed E-state index contributed by atoms with van der Waals surface area (Å²) in [4.78, 5) is 5.74. The van der Waals surface area contributed by atoms with Crippen LogP contribution in [0.3, 0.4) is 0 Å². The van der Waals surface area contributed by atoms with Crippen LogP contribution in [0.25, 0.3) is 16.5 Å². The third kappa shape index (κ3) is 3.09. The van der Waals surface area contributed by atoms with E-state index in [4.69, 9.17) is 4.74 Å². The number of morpholine rings is 1. The molecule has 1 saturated heterocycles. The molecular weight excluding hydrogens is 376 g/mol. The van der Waals surface area contributed by atoms with Crippen molar-refractivity contribution in [2.45, 2.75) is 12.5 Å². The van der Waals surface area contributed by atoms with Gasteiger partial charge in [0.2, 0.25) is 0 Å². The fourth-order valence-corrected chi connectivity index (χ4v) is 6.00. The monoisotopic (exact) mass is 402 g/mol. The number of fused-ring (bicyclic) bond motifs is 2. The predicted octanol–water partition coefficient (Wildman–Crippen LogP) is 1.20. The lowest BCUT2D eigenvalue weighted by atomic mass is 9.80. The summed E-state index contributed by atoms with van der Waals surface area (Å²) in [6.07, 6.45) is 5.41. The largest absolute Gasteiger partial charge is 0.379 e. The molecule has 2 aliphatic heterocycles. The molecule has 8 heteroatoms. The Morgan fingerprint density at radius 3 is 2.93 bits per heavy atom. The number of nitrogens with one attached hydrogen (secondary N) is 2. The molecule has 5 rings (SSSR count). The lowest BCUT2D eigenvalue weighted by Gasteiger charge is -2.40. The third-order valence-corrected chi connectivity index (χ3v) is 7.75. The Morgan fingerprint density at radius 1 is 1.29 bits per heavy atom. The highest BCUT2D eigenvalue weighted by atomic mass is 32.2. The molecule has 0 spiro atoms. The van der Waals surface area contributed by atoms with Crippen LogP contribution in [0.2, 0.25) is 0 Å². The number of ether oxygens (including phenoxy) is 1. The zero-order valence-corrected chi connectivity index (χ0v) is 16.8. The van der Waals surface area contributed by atoms with Gasteiger partial charge in [-0.3, -0.25) is 4.90 Å². The first-order valence-electron chi connectivity index (χ1n) is 9.87. The SMILES string of the molecule is CN1C[C@H](CNS(=O)(=O)N2CCOCC2)C=C2c3cccc4[nH]cc(c34)C[C@H]21. The van der Waals surface area contributed by atoms with E-state index in [0.29, 0.717) is 38.9 Å². The van der Waals surface area contributed by atoms with Gasteiger partial charge in [0, 0.05) is 55.2 Å². The molecule has 0 amide bonds. The minimum absolute atomic E-state index is 0.141. The summed E-state index contributed by atoms with van der Waals surface area (Å²) in [7, 11) is -1.32. The molecule has 2 N–H and O–H groups in total. The Balaban J connectivity index is 1.40. The summed E-state index contributed by atoms with van der Waals surface area (Å²) in [5.74, 6) is 0.141. The van der Waals surface area contributed by atoms with Gasteiger partial charge in [-0.1, -0.05) is 18.2 Å². The van der Waals surface area contributed by atoms with Gasteiger partial charge in [-0.05, 0) is 36.2 Å². The van der Waals surface area contributed by atoms with Gasteiger partial charge in [0.05, 0.1) is 13.2 Å². The number of rotatable bonds is 4. The number of aromatic amines is 1. The fraction of sp³-hybridized carbons (Fsp3) is 0.500. The summed E-state index contributed by atoms with van der Waals surface area (Å²) >= 11 is 0. The predicted molar refractivity (Wildman–Crippen MR) is 109 cm³/mol. The molecule has 28 heavy (non-hydrogen) atoms. The molecule has 2 atom stereocenters. The number of benzene rings is 1. The van der Waals surface area contributed by atoms with E-state index in [1.165, 1.54) is 31.9 Å². The maximum atomic E-state index is 12.6. The summed E-state index contributed by atoms with van der Waals surface area (Å²) in [6, 6.07) is 6.74. The maximum absolute atomic E-state index is 12.6. The molecule has 0 unspecified atom stereocenters. The zero-order valence-electron chi connectivity index (χ0n) is 16.0. The van der Waals surface area contributed by atoms with E-state index >= 15 is 0 Å². The normalized spacial score (nSPS) is 26.2. The van der Waals surface area contributed by atoms with Crippen molar-refractivity contribution in [3.8, 4) is 0 Å². The van der Waals surface area contributed by atoms with Crippen molar-refractivity contribution in [2.24, 2.45) is 5.92 Å². The molecule has 0 bridgehead atoms. The van der Waals surface area contributed by atoms with E-state index in [0.717, 1.165) is 13.0 Å². The highest BCUT2D eigenvalue weighted by Gasteiger charge is 2.34. The Labute approximate surface area is 165 Å². The summed E-state index contributed by atoms with van der Waals surface area (Å²) < 4.78 is 34.7. The van der Waals surface area contributed by atoms with Gasteiger partial charge in [0.25, 0.3) is 10.2 Å². The molecule has 3 heterocycles. The van der Waals surface area contributed by atoms with Crippen LogP contribution in [0.5, 0.6) is 0 Å². The van der Waals surface area contributed by atoms with Gasteiger partial charge < -0.3 is 9.72 Å². The van der Waals surface area contributed by atoms with Crippen LogP contribution in [-0.2, 0) is 21.4 Å². The van der Waals surface area contributed by atoms with E-state index < -0.39 is 10.2 Å².